The molecule has 1 amide bonds. The van der Waals surface area contributed by atoms with Gasteiger partial charge in [-0.2, -0.15) is 0 Å². The van der Waals surface area contributed by atoms with Gasteiger partial charge < -0.3 is 15.2 Å². The van der Waals surface area contributed by atoms with Crippen LogP contribution in [0.25, 0.3) is 0 Å². The molecule has 1 fully saturated rings. The van der Waals surface area contributed by atoms with E-state index in [4.69, 9.17) is 9.84 Å². The Kier molecular flexibility index (Phi) is 5.01. The molecule has 4 heteroatoms. The van der Waals surface area contributed by atoms with Crippen molar-refractivity contribution in [3.8, 4) is 5.75 Å². The van der Waals surface area contributed by atoms with E-state index < -0.39 is 0 Å². The second-order valence-corrected chi connectivity index (χ2v) is 5.67. The lowest BCUT2D eigenvalue weighted by atomic mass is 10.0. The van der Waals surface area contributed by atoms with Crippen molar-refractivity contribution in [1.82, 2.24) is 5.32 Å². The number of benzene rings is 1. The first kappa shape index (κ1) is 14.9. The smallest absolute Gasteiger partial charge is 0.223 e. The molecule has 0 heterocycles. The quantitative estimate of drug-likeness (QED) is 0.764. The van der Waals surface area contributed by atoms with E-state index in [-0.39, 0.29) is 17.9 Å². The van der Waals surface area contributed by atoms with Gasteiger partial charge in [0.25, 0.3) is 0 Å². The molecular formula is C16H23NO3. The molecule has 0 atom stereocenters. The standard InChI is InChI=1S/C16H23NO3/c1-13-3-2-4-14(11-13)20-10-5-15(19)17-12-16(6-7-16)8-9-18/h2-4,11,18H,5-10,12H2,1H3,(H,17,19). The molecule has 110 valence electrons. The zero-order valence-electron chi connectivity index (χ0n) is 12.0. The van der Waals surface area contributed by atoms with Gasteiger partial charge in [0, 0.05) is 13.2 Å². The Labute approximate surface area is 120 Å². The molecule has 0 aromatic heterocycles. The highest BCUT2D eigenvalue weighted by atomic mass is 16.5. The number of aliphatic hydroxyl groups excluding tert-OH is 1. The molecule has 2 N–H and O–H groups in total. The Morgan fingerprint density at radius 1 is 1.45 bits per heavy atom. The van der Waals surface area contributed by atoms with Crippen LogP contribution in [0, 0.1) is 12.3 Å². The van der Waals surface area contributed by atoms with Crippen molar-refractivity contribution in [2.75, 3.05) is 19.8 Å². The molecule has 0 aliphatic heterocycles. The SMILES string of the molecule is Cc1cccc(OCCC(=O)NCC2(CCO)CC2)c1. The summed E-state index contributed by atoms with van der Waals surface area (Å²) in [6, 6.07) is 7.80. The zero-order chi connectivity index (χ0) is 14.4. The lowest BCUT2D eigenvalue weighted by Crippen LogP contribution is -2.31. The van der Waals surface area contributed by atoms with Gasteiger partial charge in [-0.1, -0.05) is 12.1 Å². The molecule has 1 aliphatic carbocycles. The van der Waals surface area contributed by atoms with Crippen molar-refractivity contribution in [3.05, 3.63) is 29.8 Å². The highest BCUT2D eigenvalue weighted by molar-refractivity contribution is 5.76. The van der Waals surface area contributed by atoms with Gasteiger partial charge >= 0.3 is 0 Å². The minimum absolute atomic E-state index is 0.0156. The van der Waals surface area contributed by atoms with E-state index >= 15 is 0 Å². The fraction of sp³-hybridized carbons (Fsp3) is 0.562. The lowest BCUT2D eigenvalue weighted by Gasteiger charge is -2.14. The van der Waals surface area contributed by atoms with Crippen LogP contribution >= 0.6 is 0 Å². The van der Waals surface area contributed by atoms with Gasteiger partial charge in [0.05, 0.1) is 13.0 Å². The molecular weight excluding hydrogens is 254 g/mol. The molecule has 1 aliphatic rings. The average molecular weight is 277 g/mol. The Hall–Kier alpha value is -1.55. The van der Waals surface area contributed by atoms with E-state index in [1.165, 1.54) is 0 Å². The maximum Gasteiger partial charge on any atom is 0.223 e. The topological polar surface area (TPSA) is 58.6 Å². The largest absolute Gasteiger partial charge is 0.493 e. The van der Waals surface area contributed by atoms with Crippen LogP contribution in [0.4, 0.5) is 0 Å². The number of nitrogens with one attached hydrogen (secondary N) is 1. The first-order valence-electron chi connectivity index (χ1n) is 7.21. The Balaban J connectivity index is 1.63. The molecule has 0 unspecified atom stereocenters. The second kappa shape index (κ2) is 6.75. The van der Waals surface area contributed by atoms with Gasteiger partial charge in [-0.25, -0.2) is 0 Å². The summed E-state index contributed by atoms with van der Waals surface area (Å²) in [6.07, 6.45) is 3.36. The Morgan fingerprint density at radius 2 is 2.25 bits per heavy atom. The fourth-order valence-electron chi connectivity index (χ4n) is 2.27. The summed E-state index contributed by atoms with van der Waals surface area (Å²) in [6.45, 7) is 3.28. The maximum absolute atomic E-state index is 11.7. The number of aryl methyl sites for hydroxylation is 1. The van der Waals surface area contributed by atoms with Crippen LogP contribution in [-0.4, -0.2) is 30.8 Å². The molecule has 0 saturated heterocycles. The molecule has 0 radical (unpaired) electrons. The molecule has 0 bridgehead atoms. The van der Waals surface area contributed by atoms with E-state index in [0.717, 1.165) is 30.6 Å². The minimum atomic E-state index is 0.0156. The lowest BCUT2D eigenvalue weighted by molar-refractivity contribution is -0.121. The minimum Gasteiger partial charge on any atom is -0.493 e. The van der Waals surface area contributed by atoms with Crippen molar-refractivity contribution in [1.29, 1.82) is 0 Å². The van der Waals surface area contributed by atoms with E-state index in [2.05, 4.69) is 5.32 Å². The van der Waals surface area contributed by atoms with Gasteiger partial charge in [0.15, 0.2) is 0 Å². The summed E-state index contributed by atoms with van der Waals surface area (Å²) < 4.78 is 5.55. The predicted octanol–water partition coefficient (Wildman–Crippen LogP) is 2.04. The summed E-state index contributed by atoms with van der Waals surface area (Å²) >= 11 is 0. The van der Waals surface area contributed by atoms with E-state index in [1.807, 2.05) is 31.2 Å². The van der Waals surface area contributed by atoms with E-state index in [1.54, 1.807) is 0 Å². The number of ether oxygens (including phenoxy) is 1. The normalized spacial score (nSPS) is 15.7. The van der Waals surface area contributed by atoms with Crippen LogP contribution in [0.5, 0.6) is 5.75 Å². The second-order valence-electron chi connectivity index (χ2n) is 5.67. The Morgan fingerprint density at radius 3 is 2.90 bits per heavy atom. The highest BCUT2D eigenvalue weighted by Crippen LogP contribution is 2.47. The number of carbonyl (C=O) groups excluding carboxylic acids is 1. The van der Waals surface area contributed by atoms with E-state index in [0.29, 0.717) is 19.6 Å². The number of hydrogen-bond acceptors (Lipinski definition) is 3. The van der Waals surface area contributed by atoms with Crippen LogP contribution in [0.2, 0.25) is 0 Å². The third-order valence-corrected chi connectivity index (χ3v) is 3.85. The van der Waals surface area contributed by atoms with Gasteiger partial charge in [-0.05, 0) is 49.3 Å². The molecule has 4 nitrogen and oxygen atoms in total. The van der Waals surface area contributed by atoms with Crippen LogP contribution < -0.4 is 10.1 Å². The Bertz CT molecular complexity index is 455. The zero-order valence-corrected chi connectivity index (χ0v) is 12.0. The number of rotatable bonds is 8. The first-order chi connectivity index (χ1) is 9.63. The third-order valence-electron chi connectivity index (χ3n) is 3.85. The van der Waals surface area contributed by atoms with Crippen LogP contribution in [0.15, 0.2) is 24.3 Å². The van der Waals surface area contributed by atoms with Crippen LogP contribution in [0.1, 0.15) is 31.2 Å². The van der Waals surface area contributed by atoms with Crippen molar-refractivity contribution >= 4 is 5.91 Å². The molecule has 1 aromatic carbocycles. The number of aliphatic hydroxyl groups is 1. The average Bonchev–Trinajstić information content (AvgIpc) is 3.17. The molecule has 1 aromatic rings. The van der Waals surface area contributed by atoms with Crippen LogP contribution in [-0.2, 0) is 4.79 Å². The number of amides is 1. The molecule has 1 saturated carbocycles. The first-order valence-corrected chi connectivity index (χ1v) is 7.21. The number of hydrogen-bond donors (Lipinski definition) is 2. The van der Waals surface area contributed by atoms with Crippen molar-refractivity contribution in [2.24, 2.45) is 5.41 Å². The highest BCUT2D eigenvalue weighted by Gasteiger charge is 2.41. The summed E-state index contributed by atoms with van der Waals surface area (Å²) in [7, 11) is 0. The van der Waals surface area contributed by atoms with Gasteiger partial charge in [-0.15, -0.1) is 0 Å². The molecule has 20 heavy (non-hydrogen) atoms. The molecule has 0 spiro atoms. The van der Waals surface area contributed by atoms with Crippen molar-refractivity contribution in [3.63, 3.8) is 0 Å². The summed E-state index contributed by atoms with van der Waals surface area (Å²) in [5, 5.41) is 11.9. The van der Waals surface area contributed by atoms with E-state index in [9.17, 15) is 4.79 Å². The summed E-state index contributed by atoms with van der Waals surface area (Å²) in [5.74, 6) is 0.818. The summed E-state index contributed by atoms with van der Waals surface area (Å²) in [5.41, 5.74) is 1.31. The monoisotopic (exact) mass is 277 g/mol. The number of carbonyl (C=O) groups is 1. The fourth-order valence-corrected chi connectivity index (χ4v) is 2.27. The van der Waals surface area contributed by atoms with Gasteiger partial charge in [0.1, 0.15) is 5.75 Å². The third kappa shape index (κ3) is 4.53. The predicted molar refractivity (Wildman–Crippen MR) is 77.7 cm³/mol. The summed E-state index contributed by atoms with van der Waals surface area (Å²) in [4.78, 5) is 11.7. The van der Waals surface area contributed by atoms with Gasteiger partial charge in [0.2, 0.25) is 5.91 Å². The van der Waals surface area contributed by atoms with Crippen LogP contribution in [0.3, 0.4) is 0 Å². The molecule has 2 rings (SSSR count). The van der Waals surface area contributed by atoms with Crippen molar-refractivity contribution < 1.29 is 14.6 Å². The maximum atomic E-state index is 11.7. The van der Waals surface area contributed by atoms with Crippen molar-refractivity contribution in [2.45, 2.75) is 32.6 Å². The van der Waals surface area contributed by atoms with Gasteiger partial charge in [-0.3, -0.25) is 4.79 Å².